The maximum absolute atomic E-state index is 6.27. The summed E-state index contributed by atoms with van der Waals surface area (Å²) in [6.07, 6.45) is 6.73. The first-order valence-electron chi connectivity index (χ1n) is 7.90. The summed E-state index contributed by atoms with van der Waals surface area (Å²) in [5.74, 6) is 1.94. The molecule has 2 fully saturated rings. The van der Waals surface area contributed by atoms with E-state index >= 15 is 0 Å². The summed E-state index contributed by atoms with van der Waals surface area (Å²) < 4.78 is 0. The van der Waals surface area contributed by atoms with Gasteiger partial charge in [-0.25, -0.2) is 4.98 Å². The highest BCUT2D eigenvalue weighted by Gasteiger charge is 2.22. The Hall–Kier alpha value is -0.800. The number of nitrogens with zero attached hydrogens (tertiary/aromatic N) is 2. The lowest BCUT2D eigenvalue weighted by Crippen LogP contribution is -2.33. The zero-order valence-corrected chi connectivity index (χ0v) is 13.0. The van der Waals surface area contributed by atoms with Gasteiger partial charge in [0.25, 0.3) is 0 Å². The van der Waals surface area contributed by atoms with E-state index in [2.05, 4.69) is 23.2 Å². The van der Waals surface area contributed by atoms with Crippen LogP contribution in [-0.2, 0) is 6.54 Å². The quantitative estimate of drug-likeness (QED) is 0.832. The Kier molecular flexibility index (Phi) is 4.47. The summed E-state index contributed by atoms with van der Waals surface area (Å²) in [6.45, 7) is 5.15. The van der Waals surface area contributed by atoms with Crippen molar-refractivity contribution in [1.82, 2.24) is 10.3 Å². The fourth-order valence-electron chi connectivity index (χ4n) is 2.67. The first-order valence-corrected chi connectivity index (χ1v) is 8.28. The van der Waals surface area contributed by atoms with Crippen LogP contribution in [0.15, 0.2) is 12.1 Å². The molecule has 20 heavy (non-hydrogen) atoms. The van der Waals surface area contributed by atoms with Crippen LogP contribution in [0.3, 0.4) is 0 Å². The molecule has 2 saturated carbocycles. The van der Waals surface area contributed by atoms with Gasteiger partial charge in [0.1, 0.15) is 5.82 Å². The molecule has 3 nitrogen and oxygen atoms in total. The first kappa shape index (κ1) is 14.2. The second-order valence-corrected chi connectivity index (χ2v) is 6.50. The fraction of sp³-hybridized carbons (Fsp3) is 0.688. The molecule has 1 aromatic rings. The summed E-state index contributed by atoms with van der Waals surface area (Å²) in [7, 11) is 0. The second kappa shape index (κ2) is 6.31. The van der Waals surface area contributed by atoms with E-state index in [0.29, 0.717) is 6.04 Å². The smallest absolute Gasteiger partial charge is 0.128 e. The third-order valence-corrected chi connectivity index (χ3v) is 4.79. The van der Waals surface area contributed by atoms with E-state index in [9.17, 15) is 0 Å². The minimum Gasteiger partial charge on any atom is -0.357 e. The van der Waals surface area contributed by atoms with Crippen molar-refractivity contribution < 1.29 is 0 Å². The van der Waals surface area contributed by atoms with Crippen LogP contribution < -0.4 is 10.2 Å². The Morgan fingerprint density at radius 2 is 2.10 bits per heavy atom. The van der Waals surface area contributed by atoms with Crippen molar-refractivity contribution in [2.75, 3.05) is 18.0 Å². The monoisotopic (exact) mass is 293 g/mol. The molecule has 2 aliphatic carbocycles. The lowest BCUT2D eigenvalue weighted by atomic mass is 9.85. The molecule has 2 aliphatic rings. The maximum Gasteiger partial charge on any atom is 0.128 e. The van der Waals surface area contributed by atoms with Crippen molar-refractivity contribution in [1.29, 1.82) is 0 Å². The number of anilines is 1. The Morgan fingerprint density at radius 3 is 2.70 bits per heavy atom. The van der Waals surface area contributed by atoms with Crippen molar-refractivity contribution in [2.45, 2.75) is 51.6 Å². The molecule has 0 spiro atoms. The Labute approximate surface area is 126 Å². The molecule has 4 heteroatoms. The van der Waals surface area contributed by atoms with Crippen LogP contribution in [0.1, 0.15) is 44.7 Å². The number of nitrogens with one attached hydrogen (secondary N) is 1. The molecule has 1 heterocycles. The van der Waals surface area contributed by atoms with Gasteiger partial charge in [-0.1, -0.05) is 18.0 Å². The van der Waals surface area contributed by atoms with Gasteiger partial charge < -0.3 is 10.2 Å². The number of pyridine rings is 1. The number of aromatic nitrogens is 1. The van der Waals surface area contributed by atoms with Gasteiger partial charge in [0.15, 0.2) is 0 Å². The standard InChI is InChI=1S/C16H24ClN3/c1-2-20(11-12-4-3-5-12)16-9-8-14(17)15(19-16)10-18-13-6-7-13/h8-9,12-13,18H,2-7,10-11H2,1H3. The molecule has 1 N–H and O–H groups in total. The summed E-state index contributed by atoms with van der Waals surface area (Å²) in [5, 5.41) is 4.27. The van der Waals surface area contributed by atoms with Gasteiger partial charge in [-0.15, -0.1) is 0 Å². The van der Waals surface area contributed by atoms with Gasteiger partial charge >= 0.3 is 0 Å². The van der Waals surface area contributed by atoms with E-state index in [1.165, 1.54) is 32.1 Å². The van der Waals surface area contributed by atoms with Crippen LogP contribution in [0.2, 0.25) is 5.02 Å². The summed E-state index contributed by atoms with van der Waals surface area (Å²) in [5.41, 5.74) is 0.989. The summed E-state index contributed by atoms with van der Waals surface area (Å²) in [6, 6.07) is 4.75. The highest BCUT2D eigenvalue weighted by molar-refractivity contribution is 6.31. The molecule has 0 amide bonds. The van der Waals surface area contributed by atoms with Crippen LogP contribution in [0, 0.1) is 5.92 Å². The maximum atomic E-state index is 6.27. The molecule has 1 aromatic heterocycles. The molecule has 0 aromatic carbocycles. The predicted molar refractivity (Wildman–Crippen MR) is 84.3 cm³/mol. The molecular weight excluding hydrogens is 270 g/mol. The summed E-state index contributed by atoms with van der Waals surface area (Å²) in [4.78, 5) is 7.18. The Balaban J connectivity index is 1.67. The first-order chi connectivity index (χ1) is 9.76. The minimum atomic E-state index is 0.689. The number of hydrogen-bond acceptors (Lipinski definition) is 3. The van der Waals surface area contributed by atoms with Gasteiger partial charge in [0.2, 0.25) is 0 Å². The van der Waals surface area contributed by atoms with Crippen molar-refractivity contribution in [3.63, 3.8) is 0 Å². The van der Waals surface area contributed by atoms with Gasteiger partial charge in [-0.2, -0.15) is 0 Å². The van der Waals surface area contributed by atoms with Crippen LogP contribution >= 0.6 is 11.6 Å². The van der Waals surface area contributed by atoms with Gasteiger partial charge in [0.05, 0.1) is 10.7 Å². The second-order valence-electron chi connectivity index (χ2n) is 6.09. The average Bonchev–Trinajstić information content (AvgIpc) is 3.21. The van der Waals surface area contributed by atoms with E-state index in [-0.39, 0.29) is 0 Å². The van der Waals surface area contributed by atoms with Crippen molar-refractivity contribution in [2.24, 2.45) is 5.92 Å². The Morgan fingerprint density at radius 1 is 1.30 bits per heavy atom. The predicted octanol–water partition coefficient (Wildman–Crippen LogP) is 3.61. The molecule has 0 aliphatic heterocycles. The molecule has 0 bridgehead atoms. The zero-order valence-electron chi connectivity index (χ0n) is 12.2. The van der Waals surface area contributed by atoms with Crippen LogP contribution in [-0.4, -0.2) is 24.1 Å². The van der Waals surface area contributed by atoms with Crippen molar-refractivity contribution in [3.05, 3.63) is 22.8 Å². The minimum absolute atomic E-state index is 0.689. The Bertz CT molecular complexity index is 455. The normalized spacial score (nSPS) is 18.9. The highest BCUT2D eigenvalue weighted by Crippen LogP contribution is 2.29. The topological polar surface area (TPSA) is 28.2 Å². The van der Waals surface area contributed by atoms with E-state index in [0.717, 1.165) is 42.1 Å². The molecule has 3 rings (SSSR count). The number of rotatable bonds is 7. The van der Waals surface area contributed by atoms with Gasteiger partial charge in [-0.3, -0.25) is 0 Å². The summed E-state index contributed by atoms with van der Waals surface area (Å²) >= 11 is 6.27. The molecule has 0 saturated heterocycles. The van der Waals surface area contributed by atoms with Crippen LogP contribution in [0.4, 0.5) is 5.82 Å². The molecule has 110 valence electrons. The lowest BCUT2D eigenvalue weighted by Gasteiger charge is -2.32. The van der Waals surface area contributed by atoms with E-state index in [4.69, 9.17) is 16.6 Å². The average molecular weight is 294 g/mol. The van der Waals surface area contributed by atoms with E-state index in [1.54, 1.807) is 0 Å². The molecule has 0 atom stereocenters. The highest BCUT2D eigenvalue weighted by atomic mass is 35.5. The fourth-order valence-corrected chi connectivity index (χ4v) is 2.85. The lowest BCUT2D eigenvalue weighted by molar-refractivity contribution is 0.318. The van der Waals surface area contributed by atoms with Crippen molar-refractivity contribution in [3.8, 4) is 0 Å². The van der Waals surface area contributed by atoms with E-state index in [1.807, 2.05) is 6.07 Å². The third kappa shape index (κ3) is 3.44. The zero-order chi connectivity index (χ0) is 13.9. The van der Waals surface area contributed by atoms with E-state index < -0.39 is 0 Å². The van der Waals surface area contributed by atoms with Gasteiger partial charge in [-0.05, 0) is 50.7 Å². The molecular formula is C16H24ClN3. The van der Waals surface area contributed by atoms with Crippen molar-refractivity contribution >= 4 is 17.4 Å². The largest absolute Gasteiger partial charge is 0.357 e. The van der Waals surface area contributed by atoms with Crippen LogP contribution in [0.5, 0.6) is 0 Å². The number of hydrogen-bond donors (Lipinski definition) is 1. The molecule has 0 unspecified atom stereocenters. The van der Waals surface area contributed by atoms with Crippen LogP contribution in [0.25, 0.3) is 0 Å². The SMILES string of the molecule is CCN(CC1CCC1)c1ccc(Cl)c(CNC2CC2)n1. The molecule has 0 radical (unpaired) electrons. The number of halogens is 1. The van der Waals surface area contributed by atoms with Gasteiger partial charge in [0, 0.05) is 25.7 Å². The third-order valence-electron chi connectivity index (χ3n) is 4.45.